The van der Waals surface area contributed by atoms with Gasteiger partial charge in [0.1, 0.15) is 5.69 Å². The van der Waals surface area contributed by atoms with E-state index in [2.05, 4.69) is 43.0 Å². The summed E-state index contributed by atoms with van der Waals surface area (Å²) in [6.45, 7) is 3.91. The maximum atomic E-state index is 13.0. The van der Waals surface area contributed by atoms with E-state index in [0.29, 0.717) is 17.8 Å². The number of hydrogen-bond acceptors (Lipinski definition) is 8. The van der Waals surface area contributed by atoms with Crippen LogP contribution in [-0.2, 0) is 26.1 Å². The standard InChI is InChI=1S/C32H33N7O3/c1-41-30-16-22-11-12-38(20-25(22)17-31(30)42-2)13-14-39-21-26(36-37-39)19-34-28-9-5-6-10-29(28)35-32(40)24-15-23-7-3-4-8-27(23)33-18-24/h3-10,15-18,21,34H,11-14,19-20H2,1-2H3,(H,35,40). The minimum atomic E-state index is -0.216. The monoisotopic (exact) mass is 563 g/mol. The van der Waals surface area contributed by atoms with Gasteiger partial charge in [-0.2, -0.15) is 0 Å². The first kappa shape index (κ1) is 27.2. The average molecular weight is 564 g/mol. The van der Waals surface area contributed by atoms with E-state index in [4.69, 9.17) is 9.47 Å². The summed E-state index contributed by atoms with van der Waals surface area (Å²) < 4.78 is 12.8. The van der Waals surface area contributed by atoms with Crippen molar-refractivity contribution < 1.29 is 14.3 Å². The molecule has 10 nitrogen and oxygen atoms in total. The molecular weight excluding hydrogens is 530 g/mol. The predicted molar refractivity (Wildman–Crippen MR) is 162 cm³/mol. The molecule has 0 saturated carbocycles. The Bertz CT molecular complexity index is 1720. The van der Waals surface area contributed by atoms with E-state index in [1.54, 1.807) is 20.4 Å². The van der Waals surface area contributed by atoms with Crippen LogP contribution in [0.1, 0.15) is 27.2 Å². The minimum Gasteiger partial charge on any atom is -0.493 e. The fourth-order valence-electron chi connectivity index (χ4n) is 5.23. The Kier molecular flexibility index (Phi) is 7.96. The van der Waals surface area contributed by atoms with Crippen molar-refractivity contribution in [3.8, 4) is 11.5 Å². The molecule has 3 heterocycles. The smallest absolute Gasteiger partial charge is 0.257 e. The molecule has 2 N–H and O–H groups in total. The van der Waals surface area contributed by atoms with Crippen molar-refractivity contribution >= 4 is 28.2 Å². The number of pyridine rings is 1. The quantitative estimate of drug-likeness (QED) is 0.250. The number of rotatable bonds is 10. The molecule has 0 radical (unpaired) electrons. The van der Waals surface area contributed by atoms with Crippen LogP contribution in [0.25, 0.3) is 10.9 Å². The first-order valence-corrected chi connectivity index (χ1v) is 13.9. The van der Waals surface area contributed by atoms with Gasteiger partial charge in [-0.15, -0.1) is 5.10 Å². The molecule has 2 aromatic heterocycles. The van der Waals surface area contributed by atoms with Gasteiger partial charge in [0, 0.05) is 31.2 Å². The lowest BCUT2D eigenvalue weighted by Crippen LogP contribution is -2.33. The zero-order chi connectivity index (χ0) is 28.9. The molecule has 42 heavy (non-hydrogen) atoms. The number of nitrogens with zero attached hydrogens (tertiary/aromatic N) is 5. The summed E-state index contributed by atoms with van der Waals surface area (Å²) in [5, 5.41) is 16.0. The Morgan fingerprint density at radius 1 is 0.929 bits per heavy atom. The average Bonchev–Trinajstić information content (AvgIpc) is 3.50. The summed E-state index contributed by atoms with van der Waals surface area (Å²) in [6, 6.07) is 21.4. The van der Waals surface area contributed by atoms with E-state index in [1.165, 1.54) is 11.1 Å². The third-order valence-corrected chi connectivity index (χ3v) is 7.52. The maximum absolute atomic E-state index is 13.0. The van der Waals surface area contributed by atoms with Crippen LogP contribution in [0.4, 0.5) is 11.4 Å². The lowest BCUT2D eigenvalue weighted by molar-refractivity contribution is 0.102. The van der Waals surface area contributed by atoms with Crippen molar-refractivity contribution in [2.75, 3.05) is 37.9 Å². The van der Waals surface area contributed by atoms with Crippen molar-refractivity contribution in [1.29, 1.82) is 0 Å². The Hall–Kier alpha value is -4.96. The second-order valence-corrected chi connectivity index (χ2v) is 10.2. The highest BCUT2D eigenvalue weighted by Crippen LogP contribution is 2.33. The van der Waals surface area contributed by atoms with Gasteiger partial charge in [-0.3, -0.25) is 19.4 Å². The summed E-state index contributed by atoms with van der Waals surface area (Å²) in [4.78, 5) is 19.8. The van der Waals surface area contributed by atoms with E-state index in [0.717, 1.165) is 66.4 Å². The number of carbonyl (C=O) groups is 1. The van der Waals surface area contributed by atoms with E-state index < -0.39 is 0 Å². The summed E-state index contributed by atoms with van der Waals surface area (Å²) in [6.07, 6.45) is 4.53. The molecule has 214 valence electrons. The van der Waals surface area contributed by atoms with Gasteiger partial charge in [-0.05, 0) is 53.9 Å². The molecule has 10 heteroatoms. The largest absolute Gasteiger partial charge is 0.493 e. The van der Waals surface area contributed by atoms with E-state index in [1.807, 2.05) is 65.5 Å². The normalized spacial score (nSPS) is 13.0. The summed E-state index contributed by atoms with van der Waals surface area (Å²) in [7, 11) is 3.34. The molecule has 3 aromatic carbocycles. The Morgan fingerprint density at radius 2 is 1.69 bits per heavy atom. The van der Waals surface area contributed by atoms with Gasteiger partial charge >= 0.3 is 0 Å². The fourth-order valence-corrected chi connectivity index (χ4v) is 5.23. The minimum absolute atomic E-state index is 0.216. The molecule has 0 aliphatic carbocycles. The molecule has 6 rings (SSSR count). The number of amides is 1. The topological polar surface area (TPSA) is 106 Å². The van der Waals surface area contributed by atoms with E-state index >= 15 is 0 Å². The number of ether oxygens (including phenoxy) is 2. The second kappa shape index (κ2) is 12.3. The van der Waals surface area contributed by atoms with Gasteiger partial charge < -0.3 is 20.1 Å². The zero-order valence-electron chi connectivity index (χ0n) is 23.7. The molecular formula is C32H33N7O3. The Balaban J connectivity index is 1.04. The van der Waals surface area contributed by atoms with Crippen molar-refractivity contribution in [1.82, 2.24) is 24.9 Å². The molecule has 5 aromatic rings. The number of benzene rings is 3. The first-order valence-electron chi connectivity index (χ1n) is 13.9. The third-order valence-electron chi connectivity index (χ3n) is 7.52. The molecule has 0 bridgehead atoms. The molecule has 0 spiro atoms. The van der Waals surface area contributed by atoms with Crippen molar-refractivity contribution in [2.24, 2.45) is 0 Å². The molecule has 1 aliphatic heterocycles. The predicted octanol–water partition coefficient (Wildman–Crippen LogP) is 4.77. The lowest BCUT2D eigenvalue weighted by atomic mass is 9.99. The number of anilines is 2. The van der Waals surface area contributed by atoms with Crippen LogP contribution in [0, 0.1) is 0 Å². The summed E-state index contributed by atoms with van der Waals surface area (Å²) in [5.74, 6) is 1.32. The summed E-state index contributed by atoms with van der Waals surface area (Å²) >= 11 is 0. The number of hydrogen-bond donors (Lipinski definition) is 2. The highest BCUT2D eigenvalue weighted by atomic mass is 16.5. The Labute approximate surface area is 244 Å². The van der Waals surface area contributed by atoms with Gasteiger partial charge in [0.15, 0.2) is 11.5 Å². The van der Waals surface area contributed by atoms with Crippen molar-refractivity contribution in [3.63, 3.8) is 0 Å². The molecule has 0 unspecified atom stereocenters. The Morgan fingerprint density at radius 3 is 2.52 bits per heavy atom. The van der Waals surface area contributed by atoms with Crippen LogP contribution in [0.5, 0.6) is 11.5 Å². The molecule has 0 saturated heterocycles. The van der Waals surface area contributed by atoms with Crippen LogP contribution in [-0.4, -0.2) is 58.1 Å². The molecule has 1 aliphatic rings. The van der Waals surface area contributed by atoms with Gasteiger partial charge in [0.05, 0.1) is 56.0 Å². The first-order chi connectivity index (χ1) is 20.6. The van der Waals surface area contributed by atoms with Crippen LogP contribution in [0.3, 0.4) is 0 Å². The SMILES string of the molecule is COc1cc2c(cc1OC)CN(CCn1cc(CNc3ccccc3NC(=O)c3cnc4ccccc4c3)nn1)CC2. The summed E-state index contributed by atoms with van der Waals surface area (Å²) in [5.41, 5.74) is 6.23. The highest BCUT2D eigenvalue weighted by Gasteiger charge is 2.19. The van der Waals surface area contributed by atoms with E-state index in [9.17, 15) is 4.79 Å². The van der Waals surface area contributed by atoms with Crippen LogP contribution in [0.15, 0.2) is 79.1 Å². The van der Waals surface area contributed by atoms with Gasteiger partial charge in [-0.25, -0.2) is 0 Å². The van der Waals surface area contributed by atoms with Crippen LogP contribution >= 0.6 is 0 Å². The lowest BCUT2D eigenvalue weighted by Gasteiger charge is -2.29. The van der Waals surface area contributed by atoms with Crippen molar-refractivity contribution in [3.05, 3.63) is 102 Å². The maximum Gasteiger partial charge on any atom is 0.257 e. The number of nitrogens with one attached hydrogen (secondary N) is 2. The van der Waals surface area contributed by atoms with Gasteiger partial charge in [-0.1, -0.05) is 35.5 Å². The number of carbonyl (C=O) groups excluding carboxylic acids is 1. The zero-order valence-corrected chi connectivity index (χ0v) is 23.7. The fraction of sp³-hybridized carbons (Fsp3) is 0.250. The van der Waals surface area contributed by atoms with Gasteiger partial charge in [0.2, 0.25) is 0 Å². The third kappa shape index (κ3) is 6.03. The number of aromatic nitrogens is 4. The van der Waals surface area contributed by atoms with Crippen LogP contribution < -0.4 is 20.1 Å². The highest BCUT2D eigenvalue weighted by molar-refractivity contribution is 6.07. The van der Waals surface area contributed by atoms with E-state index in [-0.39, 0.29) is 5.91 Å². The molecule has 1 amide bonds. The number of para-hydroxylation sites is 3. The number of fused-ring (bicyclic) bond motifs is 2. The van der Waals surface area contributed by atoms with Crippen molar-refractivity contribution in [2.45, 2.75) is 26.1 Å². The molecule has 0 fully saturated rings. The number of methoxy groups -OCH3 is 2. The second-order valence-electron chi connectivity index (χ2n) is 10.2. The molecule has 0 atom stereocenters. The van der Waals surface area contributed by atoms with Gasteiger partial charge in [0.25, 0.3) is 5.91 Å². The van der Waals surface area contributed by atoms with Crippen LogP contribution in [0.2, 0.25) is 0 Å².